The van der Waals surface area contributed by atoms with Gasteiger partial charge in [-0.3, -0.25) is 14.9 Å². The molecular formula is C23H26N4O2S. The molecule has 0 radical (unpaired) electrons. The van der Waals surface area contributed by atoms with E-state index in [4.69, 9.17) is 0 Å². The smallest absolute Gasteiger partial charge is 0.251 e. The minimum Gasteiger partial charge on any atom is -0.340 e. The van der Waals surface area contributed by atoms with E-state index in [2.05, 4.69) is 27.8 Å². The van der Waals surface area contributed by atoms with Gasteiger partial charge in [-0.25, -0.2) is 0 Å². The van der Waals surface area contributed by atoms with E-state index in [-0.39, 0.29) is 17.7 Å². The average molecular weight is 423 g/mol. The van der Waals surface area contributed by atoms with Crippen LogP contribution in [0.25, 0.3) is 10.6 Å². The molecule has 0 fully saturated rings. The van der Waals surface area contributed by atoms with Crippen molar-refractivity contribution in [2.75, 3.05) is 5.32 Å². The van der Waals surface area contributed by atoms with E-state index in [1.807, 2.05) is 57.2 Å². The number of aromatic nitrogens is 2. The number of nitrogens with one attached hydrogen (secondary N) is 2. The number of amides is 2. The summed E-state index contributed by atoms with van der Waals surface area (Å²) >= 11 is 1.30. The molecule has 7 heteroatoms. The number of carbonyl (C=O) groups excluding carboxylic acids is 2. The maximum absolute atomic E-state index is 12.8. The van der Waals surface area contributed by atoms with E-state index in [0.717, 1.165) is 28.1 Å². The van der Waals surface area contributed by atoms with Gasteiger partial charge in [0.25, 0.3) is 5.91 Å². The molecule has 156 valence electrons. The van der Waals surface area contributed by atoms with Gasteiger partial charge in [0.1, 0.15) is 11.0 Å². The lowest BCUT2D eigenvalue weighted by molar-refractivity contribution is -0.118. The standard InChI is InChI=1S/C23H26N4O2S/c1-5-16-9-11-17(12-10-16)20(28)24-19(14(2)3)21(29)25-23-27-26-22(30-23)18-8-6-7-15(4)13-18/h6-14,19H,5H2,1-4H3,(H,24,28)(H,25,27,29). The Labute approximate surface area is 180 Å². The minimum atomic E-state index is -0.685. The highest BCUT2D eigenvalue weighted by atomic mass is 32.1. The molecule has 3 aromatic rings. The lowest BCUT2D eigenvalue weighted by Gasteiger charge is -2.21. The maximum Gasteiger partial charge on any atom is 0.251 e. The van der Waals surface area contributed by atoms with E-state index in [0.29, 0.717) is 10.7 Å². The first-order chi connectivity index (χ1) is 14.4. The van der Waals surface area contributed by atoms with E-state index in [9.17, 15) is 9.59 Å². The molecule has 0 aliphatic heterocycles. The van der Waals surface area contributed by atoms with E-state index in [1.54, 1.807) is 12.1 Å². The number of anilines is 1. The zero-order valence-corrected chi connectivity index (χ0v) is 18.4. The van der Waals surface area contributed by atoms with Crippen molar-refractivity contribution in [2.45, 2.75) is 40.2 Å². The Kier molecular flexibility index (Phi) is 6.95. The van der Waals surface area contributed by atoms with Crippen molar-refractivity contribution in [2.24, 2.45) is 5.92 Å². The predicted molar refractivity (Wildman–Crippen MR) is 121 cm³/mol. The van der Waals surface area contributed by atoms with Crippen LogP contribution in [0.3, 0.4) is 0 Å². The molecule has 30 heavy (non-hydrogen) atoms. The lowest BCUT2D eigenvalue weighted by Crippen LogP contribution is -2.47. The molecule has 2 N–H and O–H groups in total. The highest BCUT2D eigenvalue weighted by Crippen LogP contribution is 2.27. The summed E-state index contributed by atoms with van der Waals surface area (Å²) in [6, 6.07) is 14.7. The summed E-state index contributed by atoms with van der Waals surface area (Å²) in [5.74, 6) is -0.673. The molecule has 1 unspecified atom stereocenters. The molecule has 0 aliphatic rings. The van der Waals surface area contributed by atoms with Crippen molar-refractivity contribution >= 4 is 28.3 Å². The molecule has 1 aromatic heterocycles. The average Bonchev–Trinajstić information content (AvgIpc) is 3.20. The topological polar surface area (TPSA) is 84.0 Å². The summed E-state index contributed by atoms with van der Waals surface area (Å²) in [4.78, 5) is 25.5. The third kappa shape index (κ3) is 5.30. The van der Waals surface area contributed by atoms with Crippen LogP contribution in [0.15, 0.2) is 48.5 Å². The SMILES string of the molecule is CCc1ccc(C(=O)NC(C(=O)Nc2nnc(-c3cccc(C)c3)s2)C(C)C)cc1. The van der Waals surface area contributed by atoms with E-state index in [1.165, 1.54) is 11.3 Å². The normalized spacial score (nSPS) is 11.9. The zero-order chi connectivity index (χ0) is 21.7. The second-order valence-electron chi connectivity index (χ2n) is 7.52. The molecule has 0 spiro atoms. The molecule has 0 bridgehead atoms. The van der Waals surface area contributed by atoms with Gasteiger partial charge in [-0.2, -0.15) is 0 Å². The van der Waals surface area contributed by atoms with Crippen molar-refractivity contribution in [1.29, 1.82) is 0 Å². The number of hydrogen-bond donors (Lipinski definition) is 2. The molecule has 1 atom stereocenters. The Morgan fingerprint density at radius 2 is 1.80 bits per heavy atom. The fourth-order valence-corrected chi connectivity index (χ4v) is 3.75. The van der Waals surface area contributed by atoms with Gasteiger partial charge < -0.3 is 5.32 Å². The first kappa shape index (κ1) is 21.6. The number of aryl methyl sites for hydroxylation is 2. The number of nitrogens with zero attached hydrogens (tertiary/aromatic N) is 2. The molecule has 2 amide bonds. The highest BCUT2D eigenvalue weighted by molar-refractivity contribution is 7.18. The third-order valence-corrected chi connectivity index (χ3v) is 5.67. The monoisotopic (exact) mass is 422 g/mol. The Balaban J connectivity index is 1.69. The van der Waals surface area contributed by atoms with Crippen LogP contribution < -0.4 is 10.6 Å². The fraction of sp³-hybridized carbons (Fsp3) is 0.304. The second kappa shape index (κ2) is 9.63. The Morgan fingerprint density at radius 1 is 1.07 bits per heavy atom. The maximum atomic E-state index is 12.8. The van der Waals surface area contributed by atoms with Gasteiger partial charge in [-0.1, -0.05) is 68.0 Å². The number of benzene rings is 2. The molecule has 0 saturated heterocycles. The van der Waals surface area contributed by atoms with Crippen molar-refractivity contribution in [3.8, 4) is 10.6 Å². The lowest BCUT2D eigenvalue weighted by atomic mass is 10.0. The summed E-state index contributed by atoms with van der Waals surface area (Å²) in [6.07, 6.45) is 0.908. The zero-order valence-electron chi connectivity index (χ0n) is 17.6. The minimum absolute atomic E-state index is 0.0898. The van der Waals surface area contributed by atoms with Gasteiger partial charge in [0.15, 0.2) is 0 Å². The predicted octanol–water partition coefficient (Wildman–Crippen LogP) is 4.47. The van der Waals surface area contributed by atoms with Gasteiger partial charge in [0, 0.05) is 11.1 Å². The summed E-state index contributed by atoms with van der Waals surface area (Å²) in [6.45, 7) is 7.86. The van der Waals surface area contributed by atoms with Crippen LogP contribution in [0.4, 0.5) is 5.13 Å². The quantitative estimate of drug-likeness (QED) is 0.588. The number of carbonyl (C=O) groups is 2. The van der Waals surface area contributed by atoms with E-state index >= 15 is 0 Å². The molecule has 1 heterocycles. The molecule has 0 aliphatic carbocycles. The Hall–Kier alpha value is -3.06. The van der Waals surface area contributed by atoms with E-state index < -0.39 is 6.04 Å². The largest absolute Gasteiger partial charge is 0.340 e. The van der Waals surface area contributed by atoms with Gasteiger partial charge in [0.2, 0.25) is 11.0 Å². The second-order valence-corrected chi connectivity index (χ2v) is 8.49. The number of rotatable bonds is 7. The summed E-state index contributed by atoms with van der Waals surface area (Å²) in [5.41, 5.74) is 3.77. The summed E-state index contributed by atoms with van der Waals surface area (Å²) < 4.78 is 0. The van der Waals surface area contributed by atoms with Crippen LogP contribution in [-0.2, 0) is 11.2 Å². The Morgan fingerprint density at radius 3 is 2.43 bits per heavy atom. The molecular weight excluding hydrogens is 396 g/mol. The summed E-state index contributed by atoms with van der Waals surface area (Å²) in [5, 5.41) is 15.0. The molecule has 0 saturated carbocycles. The first-order valence-corrected chi connectivity index (χ1v) is 10.8. The van der Waals surface area contributed by atoms with Crippen molar-refractivity contribution in [3.05, 3.63) is 65.2 Å². The van der Waals surface area contributed by atoms with Gasteiger partial charge >= 0.3 is 0 Å². The van der Waals surface area contributed by atoms with Crippen LogP contribution in [0.1, 0.15) is 42.3 Å². The summed E-state index contributed by atoms with van der Waals surface area (Å²) in [7, 11) is 0. The van der Waals surface area contributed by atoms with Crippen molar-refractivity contribution in [3.63, 3.8) is 0 Å². The van der Waals surface area contributed by atoms with Crippen LogP contribution in [0, 0.1) is 12.8 Å². The van der Waals surface area contributed by atoms with Crippen molar-refractivity contribution in [1.82, 2.24) is 15.5 Å². The van der Waals surface area contributed by atoms with Crippen LogP contribution >= 0.6 is 11.3 Å². The van der Waals surface area contributed by atoms with Gasteiger partial charge in [0.05, 0.1) is 0 Å². The molecule has 6 nitrogen and oxygen atoms in total. The Bertz CT molecular complexity index is 1030. The van der Waals surface area contributed by atoms with Crippen LogP contribution in [-0.4, -0.2) is 28.1 Å². The first-order valence-electron chi connectivity index (χ1n) is 9.98. The van der Waals surface area contributed by atoms with Crippen molar-refractivity contribution < 1.29 is 9.59 Å². The third-order valence-electron chi connectivity index (χ3n) is 4.78. The highest BCUT2D eigenvalue weighted by Gasteiger charge is 2.25. The van der Waals surface area contributed by atoms with Crippen LogP contribution in [0.2, 0.25) is 0 Å². The molecule has 3 rings (SSSR count). The fourth-order valence-electron chi connectivity index (χ4n) is 3.00. The van der Waals surface area contributed by atoms with Gasteiger partial charge in [-0.05, 0) is 43.0 Å². The molecule has 2 aromatic carbocycles. The van der Waals surface area contributed by atoms with Crippen LogP contribution in [0.5, 0.6) is 0 Å². The van der Waals surface area contributed by atoms with Gasteiger partial charge in [-0.15, -0.1) is 10.2 Å². The number of hydrogen-bond acceptors (Lipinski definition) is 5.